The van der Waals surface area contributed by atoms with E-state index in [4.69, 9.17) is 14.2 Å². The summed E-state index contributed by atoms with van der Waals surface area (Å²) in [7, 11) is 0. The summed E-state index contributed by atoms with van der Waals surface area (Å²) in [5.74, 6) is -0.597. The maximum Gasteiger partial charge on any atom is 0.331 e. The number of cyclic esters (lactones) is 1. The normalized spacial score (nSPS) is 55.2. The Kier molecular flexibility index (Phi) is 6.62. The fourth-order valence-corrected chi connectivity index (χ4v) is 9.70. The van der Waals surface area contributed by atoms with Gasteiger partial charge < -0.3 is 44.5 Å². The molecule has 1 saturated heterocycles. The molecule has 39 heavy (non-hydrogen) atoms. The van der Waals surface area contributed by atoms with E-state index < -0.39 is 58.7 Å². The lowest BCUT2D eigenvalue weighted by atomic mass is 9.42. The number of hydrogen-bond acceptors (Lipinski definition) is 10. The summed E-state index contributed by atoms with van der Waals surface area (Å²) in [6, 6.07) is 0. The molecule has 4 aliphatic carbocycles. The highest BCUT2D eigenvalue weighted by Crippen LogP contribution is 2.70. The fraction of sp³-hybridized carbons (Fsp3) is 0.862. The lowest BCUT2D eigenvalue weighted by Gasteiger charge is -2.63. The average molecular weight is 551 g/mol. The summed E-state index contributed by atoms with van der Waals surface area (Å²) >= 11 is 0. The number of fused-ring (bicyclic) bond motifs is 5. The summed E-state index contributed by atoms with van der Waals surface area (Å²) in [6.45, 7) is 3.60. The summed E-state index contributed by atoms with van der Waals surface area (Å²) in [6.07, 6.45) is 1.74. The number of esters is 1. The second kappa shape index (κ2) is 9.31. The first kappa shape index (κ1) is 27.8. The van der Waals surface area contributed by atoms with Crippen molar-refractivity contribution in [3.8, 4) is 0 Å². The molecular formula is C29H42O10. The van der Waals surface area contributed by atoms with E-state index in [9.17, 15) is 35.1 Å². The third kappa shape index (κ3) is 3.72. The van der Waals surface area contributed by atoms with Gasteiger partial charge in [-0.3, -0.25) is 0 Å². The van der Waals surface area contributed by atoms with Crippen molar-refractivity contribution >= 4 is 12.3 Å². The Morgan fingerprint density at radius 3 is 2.44 bits per heavy atom. The molecule has 0 aromatic heterocycles. The van der Waals surface area contributed by atoms with Gasteiger partial charge in [0.1, 0.15) is 31.2 Å². The van der Waals surface area contributed by atoms with Crippen LogP contribution in [0.1, 0.15) is 71.6 Å². The Hall–Kier alpha value is -1.40. The highest BCUT2D eigenvalue weighted by molar-refractivity contribution is 5.86. The minimum Gasteiger partial charge on any atom is -0.458 e. The Bertz CT molecular complexity index is 1050. The molecule has 2 heterocycles. The first-order chi connectivity index (χ1) is 18.4. The Morgan fingerprint density at radius 2 is 1.74 bits per heavy atom. The van der Waals surface area contributed by atoms with Gasteiger partial charge in [-0.1, -0.05) is 6.92 Å². The van der Waals surface area contributed by atoms with Crippen LogP contribution < -0.4 is 0 Å². The van der Waals surface area contributed by atoms with Crippen molar-refractivity contribution in [1.29, 1.82) is 0 Å². The van der Waals surface area contributed by atoms with Crippen LogP contribution in [-0.2, 0) is 23.8 Å². The number of hydrogen-bond donors (Lipinski definition) is 5. The molecule has 0 radical (unpaired) electrons. The molecule has 0 amide bonds. The zero-order valence-corrected chi connectivity index (χ0v) is 22.7. The second-order valence-corrected chi connectivity index (χ2v) is 13.4. The van der Waals surface area contributed by atoms with Gasteiger partial charge in [-0.25, -0.2) is 4.79 Å². The molecule has 6 rings (SSSR count). The molecule has 0 aromatic rings. The highest BCUT2D eigenvalue weighted by atomic mass is 16.7. The minimum absolute atomic E-state index is 0.0286. The predicted octanol–water partition coefficient (Wildman–Crippen LogP) is 0.750. The van der Waals surface area contributed by atoms with Gasteiger partial charge in [0.2, 0.25) is 0 Å². The Morgan fingerprint density at radius 1 is 0.974 bits per heavy atom. The van der Waals surface area contributed by atoms with Gasteiger partial charge in [-0.15, -0.1) is 0 Å². The molecule has 10 heteroatoms. The van der Waals surface area contributed by atoms with Crippen LogP contribution in [0.25, 0.3) is 0 Å². The van der Waals surface area contributed by atoms with Crippen LogP contribution in [0.15, 0.2) is 11.6 Å². The predicted molar refractivity (Wildman–Crippen MR) is 135 cm³/mol. The number of aliphatic hydroxyl groups excluding tert-OH is 3. The largest absolute Gasteiger partial charge is 0.458 e. The lowest BCUT2D eigenvalue weighted by Crippen LogP contribution is -2.66. The quantitative estimate of drug-likeness (QED) is 0.192. The summed E-state index contributed by atoms with van der Waals surface area (Å²) in [5, 5.41) is 54.9. The van der Waals surface area contributed by atoms with Gasteiger partial charge >= 0.3 is 5.97 Å². The van der Waals surface area contributed by atoms with Crippen LogP contribution in [0, 0.1) is 28.6 Å². The van der Waals surface area contributed by atoms with Crippen molar-refractivity contribution < 1.29 is 49.3 Å². The smallest absolute Gasteiger partial charge is 0.331 e. The fourth-order valence-electron chi connectivity index (χ4n) is 9.70. The van der Waals surface area contributed by atoms with Crippen molar-refractivity contribution in [2.45, 2.75) is 120 Å². The van der Waals surface area contributed by atoms with E-state index in [1.165, 1.54) is 6.08 Å². The van der Waals surface area contributed by atoms with Crippen LogP contribution in [0.4, 0.5) is 0 Å². The molecule has 0 unspecified atom stereocenters. The van der Waals surface area contributed by atoms with Crippen LogP contribution >= 0.6 is 0 Å². The highest BCUT2D eigenvalue weighted by Gasteiger charge is 2.73. The molecule has 0 bridgehead atoms. The third-order valence-corrected chi connectivity index (χ3v) is 12.1. The molecule has 2 aliphatic heterocycles. The van der Waals surface area contributed by atoms with Crippen LogP contribution in [-0.4, -0.2) is 92.4 Å². The molecule has 10 nitrogen and oxygen atoms in total. The number of aliphatic hydroxyl groups is 5. The summed E-state index contributed by atoms with van der Waals surface area (Å²) < 4.78 is 16.9. The van der Waals surface area contributed by atoms with Crippen LogP contribution in [0.2, 0.25) is 0 Å². The monoisotopic (exact) mass is 550 g/mol. The van der Waals surface area contributed by atoms with E-state index in [1.54, 1.807) is 6.92 Å². The summed E-state index contributed by atoms with van der Waals surface area (Å²) in [4.78, 5) is 24.7. The van der Waals surface area contributed by atoms with Gasteiger partial charge in [0.15, 0.2) is 6.29 Å². The molecule has 6 aliphatic rings. The number of rotatable bonds is 4. The molecule has 218 valence electrons. The van der Waals surface area contributed by atoms with Gasteiger partial charge in [-0.2, -0.15) is 0 Å². The first-order valence-corrected chi connectivity index (χ1v) is 14.5. The van der Waals surface area contributed by atoms with E-state index in [1.807, 2.05) is 6.92 Å². The molecule has 5 N–H and O–H groups in total. The van der Waals surface area contributed by atoms with E-state index in [0.29, 0.717) is 50.5 Å². The third-order valence-electron chi connectivity index (χ3n) is 12.1. The Balaban J connectivity index is 1.21. The molecule has 0 spiro atoms. The molecular weight excluding hydrogens is 508 g/mol. The van der Waals surface area contributed by atoms with Crippen molar-refractivity contribution in [2.24, 2.45) is 28.6 Å². The van der Waals surface area contributed by atoms with E-state index in [0.717, 1.165) is 19.1 Å². The van der Waals surface area contributed by atoms with Crippen LogP contribution in [0.3, 0.4) is 0 Å². The topological polar surface area (TPSA) is 163 Å². The van der Waals surface area contributed by atoms with Crippen molar-refractivity contribution in [1.82, 2.24) is 0 Å². The standard InChI is InChI=1S/C29H42O10/c1-15-22(32)23(33)24(34)25(38-15)39-18-5-8-27(14-30)16(11-18)3-4-20-19(27)6-7-26(2)28(35,9-10-29(20,26)36)17-12-21(31)37-13-17/h12,14-16,18-20,22-25,32-36H,3-11,13H2,1-2H3/t15-,16+,18+,19+,20-,22-,23-,24-,25+,26-,27-,28+,29+/m1/s1. The number of ether oxygens (including phenoxy) is 3. The zero-order valence-electron chi connectivity index (χ0n) is 22.7. The van der Waals surface area contributed by atoms with Gasteiger partial charge in [-0.05, 0) is 82.5 Å². The number of aldehydes is 1. The second-order valence-electron chi connectivity index (χ2n) is 13.4. The summed E-state index contributed by atoms with van der Waals surface area (Å²) in [5.41, 5.74) is -3.42. The first-order valence-electron chi connectivity index (χ1n) is 14.5. The van der Waals surface area contributed by atoms with Crippen LogP contribution in [0.5, 0.6) is 0 Å². The Labute approximate surface area is 228 Å². The van der Waals surface area contributed by atoms with Gasteiger partial charge in [0.05, 0.1) is 23.4 Å². The van der Waals surface area contributed by atoms with E-state index in [-0.39, 0.29) is 30.5 Å². The maximum atomic E-state index is 12.9. The average Bonchev–Trinajstić information content (AvgIpc) is 3.45. The lowest BCUT2D eigenvalue weighted by molar-refractivity contribution is -0.310. The molecule has 5 fully saturated rings. The number of carbonyl (C=O) groups excluding carboxylic acids is 2. The van der Waals surface area contributed by atoms with E-state index >= 15 is 0 Å². The van der Waals surface area contributed by atoms with Gasteiger partial charge in [0, 0.05) is 22.5 Å². The molecule has 13 atom stereocenters. The van der Waals surface area contributed by atoms with E-state index in [2.05, 4.69) is 0 Å². The minimum atomic E-state index is -1.37. The maximum absolute atomic E-state index is 12.9. The van der Waals surface area contributed by atoms with Crippen molar-refractivity contribution in [3.63, 3.8) is 0 Å². The molecule has 4 saturated carbocycles. The zero-order chi connectivity index (χ0) is 28.0. The van der Waals surface area contributed by atoms with Crippen molar-refractivity contribution in [3.05, 3.63) is 11.6 Å². The SMILES string of the molecule is C[C@H]1O[C@@H](O[C@H]2CC[C@@]3(C=O)[C@@H](CC[C@@H]4[C@@H]3CC[C@]3(C)[C@@](O)(C5=CC(=O)OC5)CC[C@]43O)C2)[C@H](O)[C@H](O)[C@@H]1O. The van der Waals surface area contributed by atoms with Gasteiger partial charge in [0.25, 0.3) is 0 Å². The van der Waals surface area contributed by atoms with Crippen molar-refractivity contribution in [2.75, 3.05) is 6.61 Å². The number of carbonyl (C=O) groups is 2. The molecule has 0 aromatic carbocycles.